The molecule has 0 unspecified atom stereocenters. The molecule has 1 aromatic heterocycles. The minimum absolute atomic E-state index is 0.119. The molecule has 1 aliphatic rings. The molecule has 0 N–H and O–H groups in total. The number of unbranched alkanes of at least 4 members (excludes halogenated alkanes) is 1. The van der Waals surface area contributed by atoms with Gasteiger partial charge in [-0.05, 0) is 112 Å². The number of allylic oxidation sites excluding steroid dienone is 10. The molecular weight excluding hydrogens is 547 g/mol. The average Bonchev–Trinajstić information content (AvgIpc) is 3.54. The summed E-state index contributed by atoms with van der Waals surface area (Å²) in [6.07, 6.45) is 34.7. The van der Waals surface area contributed by atoms with Crippen LogP contribution in [0.25, 0.3) is 0 Å². The topological polar surface area (TPSA) is 29.5 Å². The van der Waals surface area contributed by atoms with E-state index in [9.17, 15) is 4.79 Å². The summed E-state index contributed by atoms with van der Waals surface area (Å²) in [5.74, 6) is 0.655. The number of carbonyl (C=O) groups is 1. The minimum Gasteiger partial charge on any atom is -0.426 e. The standard InChI is InChI=1S/C39H53NO2S/c1-3-5-6-7-8-9-10-11-12-13-14-15-16-17-18-19-20-26-39(41)42-38-25-21-23-34-33-35(27-28-37(34)38)40(30-4-2)31-29-36-24-22-32-43-36/h5-6,8-9,11-12,14-15,17-18,21-25,32,35H,3-4,7,10,13,16,19-20,26-31,33H2,1-2H3/t35-/m0/s1. The van der Waals surface area contributed by atoms with Crippen molar-refractivity contribution in [3.63, 3.8) is 0 Å². The van der Waals surface area contributed by atoms with Crippen molar-refractivity contribution >= 4 is 17.3 Å². The molecule has 1 aliphatic carbocycles. The zero-order valence-corrected chi connectivity index (χ0v) is 27.4. The molecule has 0 aliphatic heterocycles. The molecule has 1 heterocycles. The van der Waals surface area contributed by atoms with Crippen LogP contribution in [0.5, 0.6) is 5.75 Å². The van der Waals surface area contributed by atoms with Crippen LogP contribution in [0.3, 0.4) is 0 Å². The second-order valence-electron chi connectivity index (χ2n) is 11.2. The first kappa shape index (κ1) is 34.5. The Balaban J connectivity index is 1.32. The van der Waals surface area contributed by atoms with Gasteiger partial charge in [0.1, 0.15) is 5.75 Å². The lowest BCUT2D eigenvalue weighted by Gasteiger charge is -2.35. The number of hydrogen-bond acceptors (Lipinski definition) is 4. The van der Waals surface area contributed by atoms with Gasteiger partial charge in [0.15, 0.2) is 0 Å². The van der Waals surface area contributed by atoms with E-state index in [0.717, 1.165) is 89.5 Å². The molecule has 0 spiro atoms. The fourth-order valence-electron chi connectivity index (χ4n) is 5.54. The second-order valence-corrected chi connectivity index (χ2v) is 12.3. The number of benzene rings is 1. The lowest BCUT2D eigenvalue weighted by Crippen LogP contribution is -2.41. The van der Waals surface area contributed by atoms with Gasteiger partial charge >= 0.3 is 5.97 Å². The summed E-state index contributed by atoms with van der Waals surface area (Å²) in [6, 6.07) is 11.2. The van der Waals surface area contributed by atoms with Crippen molar-refractivity contribution in [2.75, 3.05) is 13.1 Å². The molecule has 0 fully saturated rings. The maximum atomic E-state index is 12.6. The maximum absolute atomic E-state index is 12.6. The third kappa shape index (κ3) is 13.9. The lowest BCUT2D eigenvalue weighted by molar-refractivity contribution is -0.134. The Kier molecular flexibility index (Phi) is 17.4. The average molecular weight is 600 g/mol. The van der Waals surface area contributed by atoms with Crippen molar-refractivity contribution in [1.82, 2.24) is 4.90 Å². The van der Waals surface area contributed by atoms with E-state index in [4.69, 9.17) is 4.74 Å². The lowest BCUT2D eigenvalue weighted by atomic mass is 9.86. The van der Waals surface area contributed by atoms with Crippen LogP contribution in [0.2, 0.25) is 0 Å². The highest BCUT2D eigenvalue weighted by molar-refractivity contribution is 7.09. The van der Waals surface area contributed by atoms with Crippen molar-refractivity contribution in [3.05, 3.63) is 112 Å². The van der Waals surface area contributed by atoms with Gasteiger partial charge in [-0.2, -0.15) is 0 Å². The maximum Gasteiger partial charge on any atom is 0.311 e. The number of rotatable bonds is 20. The van der Waals surface area contributed by atoms with Crippen LogP contribution >= 0.6 is 11.3 Å². The zero-order valence-electron chi connectivity index (χ0n) is 26.6. The minimum atomic E-state index is -0.119. The summed E-state index contributed by atoms with van der Waals surface area (Å²) in [5.41, 5.74) is 2.58. The quantitative estimate of drug-likeness (QED) is 0.0656. The zero-order chi connectivity index (χ0) is 30.4. The Bertz CT molecular complexity index is 1190. The molecule has 0 amide bonds. The number of hydrogen-bond donors (Lipinski definition) is 0. The first-order chi connectivity index (χ1) is 21.2. The Labute approximate surface area is 265 Å². The Hall–Kier alpha value is -2.95. The van der Waals surface area contributed by atoms with Gasteiger partial charge in [0.25, 0.3) is 0 Å². The molecule has 0 bridgehead atoms. The molecule has 1 aromatic carbocycles. The van der Waals surface area contributed by atoms with Gasteiger partial charge in [-0.15, -0.1) is 11.3 Å². The smallest absolute Gasteiger partial charge is 0.311 e. The van der Waals surface area contributed by atoms with E-state index in [1.807, 2.05) is 17.4 Å². The van der Waals surface area contributed by atoms with E-state index in [1.165, 1.54) is 22.4 Å². The van der Waals surface area contributed by atoms with E-state index in [1.54, 1.807) is 0 Å². The second kappa shape index (κ2) is 21.7. The van der Waals surface area contributed by atoms with E-state index >= 15 is 0 Å². The van der Waals surface area contributed by atoms with Gasteiger partial charge in [-0.1, -0.05) is 92.8 Å². The number of fused-ring (bicyclic) bond motifs is 1. The third-order valence-corrected chi connectivity index (χ3v) is 8.74. The molecular formula is C39H53NO2S. The fraction of sp³-hybridized carbons (Fsp3) is 0.462. The highest BCUT2D eigenvalue weighted by atomic mass is 32.1. The van der Waals surface area contributed by atoms with Crippen molar-refractivity contribution in [2.24, 2.45) is 0 Å². The van der Waals surface area contributed by atoms with Gasteiger partial charge in [-0.25, -0.2) is 0 Å². The summed E-state index contributed by atoms with van der Waals surface area (Å²) in [4.78, 5) is 16.8. The Morgan fingerprint density at radius 1 is 0.884 bits per heavy atom. The summed E-state index contributed by atoms with van der Waals surface area (Å²) in [6.45, 7) is 6.68. The molecule has 232 valence electrons. The van der Waals surface area contributed by atoms with Crippen LogP contribution < -0.4 is 4.74 Å². The summed E-state index contributed by atoms with van der Waals surface area (Å²) in [5, 5.41) is 2.17. The molecule has 0 saturated carbocycles. The molecule has 43 heavy (non-hydrogen) atoms. The Morgan fingerprint density at radius 2 is 1.58 bits per heavy atom. The van der Waals surface area contributed by atoms with Crippen molar-refractivity contribution in [3.8, 4) is 5.75 Å². The fourth-order valence-corrected chi connectivity index (χ4v) is 6.24. The number of esters is 1. The first-order valence-corrected chi connectivity index (χ1v) is 17.4. The highest BCUT2D eigenvalue weighted by Gasteiger charge is 2.26. The molecule has 1 atom stereocenters. The van der Waals surface area contributed by atoms with Crippen LogP contribution in [-0.4, -0.2) is 30.0 Å². The van der Waals surface area contributed by atoms with E-state index < -0.39 is 0 Å². The molecule has 2 aromatic rings. The van der Waals surface area contributed by atoms with Crippen LogP contribution in [0.15, 0.2) is 96.5 Å². The Morgan fingerprint density at radius 3 is 2.23 bits per heavy atom. The largest absolute Gasteiger partial charge is 0.426 e. The number of ether oxygens (including phenoxy) is 1. The number of nitrogens with zero attached hydrogens (tertiary/aromatic N) is 1. The van der Waals surface area contributed by atoms with Crippen LogP contribution in [0.1, 0.15) is 94.1 Å². The highest BCUT2D eigenvalue weighted by Crippen LogP contribution is 2.32. The predicted molar refractivity (Wildman–Crippen MR) is 186 cm³/mol. The third-order valence-electron chi connectivity index (χ3n) is 7.80. The van der Waals surface area contributed by atoms with Gasteiger partial charge in [0.2, 0.25) is 0 Å². The van der Waals surface area contributed by atoms with Crippen molar-refractivity contribution < 1.29 is 9.53 Å². The first-order valence-electron chi connectivity index (χ1n) is 16.5. The normalized spacial score (nSPS) is 15.7. The molecule has 4 heteroatoms. The van der Waals surface area contributed by atoms with Crippen molar-refractivity contribution in [1.29, 1.82) is 0 Å². The van der Waals surface area contributed by atoms with Gasteiger partial charge in [-0.3, -0.25) is 9.69 Å². The van der Waals surface area contributed by atoms with Crippen LogP contribution in [0, 0.1) is 0 Å². The summed E-state index contributed by atoms with van der Waals surface area (Å²) in [7, 11) is 0. The van der Waals surface area contributed by atoms with E-state index in [-0.39, 0.29) is 5.97 Å². The van der Waals surface area contributed by atoms with E-state index in [0.29, 0.717) is 12.5 Å². The SMILES string of the molecule is CCC=CCC=CCC=CCC=CCC=CCCCC(=O)Oc1cccc2c1CC[C@H](N(CCC)CCc1cccs1)C2. The molecule has 0 saturated heterocycles. The van der Waals surface area contributed by atoms with Gasteiger partial charge in [0.05, 0.1) is 0 Å². The number of carbonyl (C=O) groups excluding carboxylic acids is 1. The van der Waals surface area contributed by atoms with Crippen molar-refractivity contribution in [2.45, 2.75) is 103 Å². The predicted octanol–water partition coefficient (Wildman–Crippen LogP) is 10.4. The summed E-state index contributed by atoms with van der Waals surface area (Å²) >= 11 is 1.86. The van der Waals surface area contributed by atoms with Gasteiger partial charge in [0, 0.05) is 23.9 Å². The van der Waals surface area contributed by atoms with Crippen LogP contribution in [0.4, 0.5) is 0 Å². The molecule has 0 radical (unpaired) electrons. The summed E-state index contributed by atoms with van der Waals surface area (Å²) < 4.78 is 5.88. The molecule has 3 rings (SSSR count). The van der Waals surface area contributed by atoms with E-state index in [2.05, 4.69) is 109 Å². The monoisotopic (exact) mass is 599 g/mol. The van der Waals surface area contributed by atoms with Crippen LogP contribution in [-0.2, 0) is 24.1 Å². The molecule has 3 nitrogen and oxygen atoms in total. The number of thiophene rings is 1. The van der Waals surface area contributed by atoms with Gasteiger partial charge < -0.3 is 4.74 Å².